The van der Waals surface area contributed by atoms with Gasteiger partial charge in [-0.3, -0.25) is 9.48 Å². The highest BCUT2D eigenvalue weighted by atomic mass is 19.1. The van der Waals surface area contributed by atoms with Gasteiger partial charge in [0.05, 0.1) is 12.2 Å². The van der Waals surface area contributed by atoms with Crippen LogP contribution >= 0.6 is 0 Å². The lowest BCUT2D eigenvalue weighted by Crippen LogP contribution is -2.28. The van der Waals surface area contributed by atoms with Crippen LogP contribution < -0.4 is 4.74 Å². The zero-order valence-corrected chi connectivity index (χ0v) is 16.0. The molecule has 152 valence electrons. The molecule has 0 unspecified atom stereocenters. The molecule has 0 saturated heterocycles. The second kappa shape index (κ2) is 8.81. The van der Waals surface area contributed by atoms with E-state index in [1.807, 2.05) is 0 Å². The second-order valence-electron chi connectivity index (χ2n) is 6.57. The van der Waals surface area contributed by atoms with Crippen molar-refractivity contribution >= 4 is 5.91 Å². The Balaban J connectivity index is 1.64. The fraction of sp³-hybridized carbons (Fsp3) is 0.238. The molecule has 0 N–H and O–H groups in total. The minimum Gasteiger partial charge on any atom is -0.494 e. The predicted octanol–water partition coefficient (Wildman–Crippen LogP) is 4.05. The van der Waals surface area contributed by atoms with Gasteiger partial charge in [-0.15, -0.1) is 0 Å². The molecule has 3 rings (SSSR count). The van der Waals surface area contributed by atoms with Crippen LogP contribution in [0.1, 0.15) is 16.8 Å². The van der Waals surface area contributed by atoms with Gasteiger partial charge in [0, 0.05) is 38.5 Å². The third kappa shape index (κ3) is 4.96. The Morgan fingerprint density at radius 1 is 1.10 bits per heavy atom. The summed E-state index contributed by atoms with van der Waals surface area (Å²) in [5.41, 5.74) is 0.438. The molecule has 0 bridgehead atoms. The predicted molar refractivity (Wildman–Crippen MR) is 102 cm³/mol. The van der Waals surface area contributed by atoms with Gasteiger partial charge < -0.3 is 9.64 Å². The molecule has 3 aromatic rings. The maximum Gasteiger partial charge on any atom is 0.257 e. The SMILES string of the molecule is CN(CCCOc1ccc(F)cc1)C(=O)c1cn(C)nc1-c1ccc(F)cc1F. The quantitative estimate of drug-likeness (QED) is 0.560. The number of hydrogen-bond acceptors (Lipinski definition) is 3. The molecule has 0 aliphatic rings. The van der Waals surface area contributed by atoms with Crippen LogP contribution in [0.25, 0.3) is 11.3 Å². The number of benzene rings is 2. The average Bonchev–Trinajstić information content (AvgIpc) is 3.07. The molecule has 1 amide bonds. The van der Waals surface area contributed by atoms with E-state index < -0.39 is 11.6 Å². The van der Waals surface area contributed by atoms with Crippen LogP contribution in [0.5, 0.6) is 5.75 Å². The van der Waals surface area contributed by atoms with Crippen LogP contribution in [0.2, 0.25) is 0 Å². The van der Waals surface area contributed by atoms with E-state index in [0.29, 0.717) is 25.3 Å². The molecule has 0 aliphatic heterocycles. The van der Waals surface area contributed by atoms with Crippen LogP contribution in [-0.2, 0) is 7.05 Å². The summed E-state index contributed by atoms with van der Waals surface area (Å²) in [5.74, 6) is -1.62. The molecule has 2 aromatic carbocycles. The fourth-order valence-corrected chi connectivity index (χ4v) is 2.86. The molecule has 5 nitrogen and oxygen atoms in total. The van der Waals surface area contributed by atoms with Gasteiger partial charge in [-0.25, -0.2) is 13.2 Å². The first kappa shape index (κ1) is 20.4. The molecule has 0 fully saturated rings. The number of ether oxygens (including phenoxy) is 1. The lowest BCUT2D eigenvalue weighted by Gasteiger charge is -2.17. The van der Waals surface area contributed by atoms with E-state index in [-0.39, 0.29) is 28.5 Å². The largest absolute Gasteiger partial charge is 0.494 e. The van der Waals surface area contributed by atoms with Gasteiger partial charge >= 0.3 is 0 Å². The van der Waals surface area contributed by atoms with Crippen molar-refractivity contribution in [1.29, 1.82) is 0 Å². The smallest absolute Gasteiger partial charge is 0.257 e. The van der Waals surface area contributed by atoms with Crippen molar-refractivity contribution in [2.45, 2.75) is 6.42 Å². The molecule has 0 aliphatic carbocycles. The maximum absolute atomic E-state index is 14.2. The van der Waals surface area contributed by atoms with Crippen molar-refractivity contribution in [1.82, 2.24) is 14.7 Å². The summed E-state index contributed by atoms with van der Waals surface area (Å²) in [5, 5.41) is 4.17. The Bertz CT molecular complexity index is 1000. The Kier molecular flexibility index (Phi) is 6.21. The van der Waals surface area contributed by atoms with Crippen LogP contribution in [0.15, 0.2) is 48.7 Å². The van der Waals surface area contributed by atoms with Crippen molar-refractivity contribution in [3.63, 3.8) is 0 Å². The van der Waals surface area contributed by atoms with E-state index in [1.165, 1.54) is 46.1 Å². The van der Waals surface area contributed by atoms with Crippen molar-refractivity contribution in [3.8, 4) is 17.0 Å². The summed E-state index contributed by atoms with van der Waals surface area (Å²) in [4.78, 5) is 14.3. The molecule has 0 spiro atoms. The summed E-state index contributed by atoms with van der Waals surface area (Å²) in [6.45, 7) is 0.732. The minimum atomic E-state index is -0.784. The van der Waals surface area contributed by atoms with Crippen molar-refractivity contribution in [2.24, 2.45) is 7.05 Å². The first-order valence-corrected chi connectivity index (χ1v) is 8.98. The first-order valence-electron chi connectivity index (χ1n) is 8.98. The summed E-state index contributed by atoms with van der Waals surface area (Å²) < 4.78 is 47.2. The zero-order valence-electron chi connectivity index (χ0n) is 16.0. The number of aromatic nitrogens is 2. The third-order valence-corrected chi connectivity index (χ3v) is 4.31. The highest BCUT2D eigenvalue weighted by Crippen LogP contribution is 2.26. The van der Waals surface area contributed by atoms with Crippen LogP contribution in [0, 0.1) is 17.5 Å². The van der Waals surface area contributed by atoms with E-state index in [0.717, 1.165) is 12.1 Å². The highest BCUT2D eigenvalue weighted by Gasteiger charge is 2.22. The van der Waals surface area contributed by atoms with Gasteiger partial charge in [0.15, 0.2) is 0 Å². The lowest BCUT2D eigenvalue weighted by atomic mass is 10.1. The van der Waals surface area contributed by atoms with E-state index in [1.54, 1.807) is 14.1 Å². The minimum absolute atomic E-state index is 0.0587. The van der Waals surface area contributed by atoms with Crippen molar-refractivity contribution in [3.05, 3.63) is 71.7 Å². The number of rotatable bonds is 7. The van der Waals surface area contributed by atoms with Crippen molar-refractivity contribution in [2.75, 3.05) is 20.2 Å². The number of aryl methyl sites for hydroxylation is 1. The van der Waals surface area contributed by atoms with Crippen LogP contribution in [0.3, 0.4) is 0 Å². The summed E-state index contributed by atoms with van der Waals surface area (Å²) >= 11 is 0. The van der Waals surface area contributed by atoms with E-state index in [2.05, 4.69) is 5.10 Å². The highest BCUT2D eigenvalue weighted by molar-refractivity contribution is 5.99. The van der Waals surface area contributed by atoms with E-state index >= 15 is 0 Å². The van der Waals surface area contributed by atoms with Gasteiger partial charge in [-0.05, 0) is 42.8 Å². The lowest BCUT2D eigenvalue weighted by molar-refractivity contribution is 0.0788. The molecule has 29 heavy (non-hydrogen) atoms. The Hall–Kier alpha value is -3.29. The second-order valence-corrected chi connectivity index (χ2v) is 6.57. The fourth-order valence-electron chi connectivity index (χ4n) is 2.86. The van der Waals surface area contributed by atoms with E-state index in [9.17, 15) is 18.0 Å². The molecular formula is C21H20F3N3O2. The monoisotopic (exact) mass is 403 g/mol. The molecular weight excluding hydrogens is 383 g/mol. The Labute approximate surface area is 166 Å². The number of nitrogens with zero attached hydrogens (tertiary/aromatic N) is 3. The van der Waals surface area contributed by atoms with Gasteiger partial charge in [0.1, 0.15) is 28.9 Å². The molecule has 0 saturated carbocycles. The van der Waals surface area contributed by atoms with Gasteiger partial charge in [0.25, 0.3) is 5.91 Å². The number of hydrogen-bond donors (Lipinski definition) is 0. The Morgan fingerprint density at radius 3 is 2.48 bits per heavy atom. The van der Waals surface area contributed by atoms with Crippen LogP contribution in [-0.4, -0.2) is 40.8 Å². The number of amides is 1. The zero-order chi connectivity index (χ0) is 21.0. The summed E-state index contributed by atoms with van der Waals surface area (Å²) in [6.07, 6.45) is 2.05. The summed E-state index contributed by atoms with van der Waals surface area (Å²) in [6, 6.07) is 8.83. The number of halogens is 3. The average molecular weight is 403 g/mol. The molecule has 0 radical (unpaired) electrons. The molecule has 0 atom stereocenters. The number of carbonyl (C=O) groups excluding carboxylic acids is 1. The molecule has 8 heteroatoms. The Morgan fingerprint density at radius 2 is 1.79 bits per heavy atom. The first-order chi connectivity index (χ1) is 13.8. The standard InChI is InChI=1S/C21H20F3N3O2/c1-26(10-3-11-29-16-7-4-14(22)5-8-16)21(28)18-13-27(2)25-20(18)17-9-6-15(23)12-19(17)24/h4-9,12-13H,3,10-11H2,1-2H3. The summed E-state index contributed by atoms with van der Waals surface area (Å²) in [7, 11) is 3.25. The molecule has 1 aromatic heterocycles. The van der Waals surface area contributed by atoms with Crippen LogP contribution in [0.4, 0.5) is 13.2 Å². The third-order valence-electron chi connectivity index (χ3n) is 4.31. The van der Waals surface area contributed by atoms with Gasteiger partial charge in [-0.2, -0.15) is 5.10 Å². The van der Waals surface area contributed by atoms with E-state index in [4.69, 9.17) is 4.74 Å². The molecule has 1 heterocycles. The number of carbonyl (C=O) groups is 1. The van der Waals surface area contributed by atoms with Gasteiger partial charge in [0.2, 0.25) is 0 Å². The van der Waals surface area contributed by atoms with Gasteiger partial charge in [-0.1, -0.05) is 0 Å². The normalized spacial score (nSPS) is 10.8. The topological polar surface area (TPSA) is 47.4 Å². The maximum atomic E-state index is 14.2. The van der Waals surface area contributed by atoms with Crippen molar-refractivity contribution < 1.29 is 22.7 Å².